The van der Waals surface area contributed by atoms with Crippen molar-refractivity contribution in [3.05, 3.63) is 29.8 Å². The number of nitrogens with one attached hydrogen (secondary N) is 2. The Labute approximate surface area is 132 Å². The molecule has 0 heterocycles. The molecule has 0 aliphatic carbocycles. The van der Waals surface area contributed by atoms with Gasteiger partial charge in [0, 0.05) is 0 Å². The van der Waals surface area contributed by atoms with Crippen molar-refractivity contribution in [2.24, 2.45) is 11.1 Å². The average molecular weight is 327 g/mol. The smallest absolute Gasteiger partial charge is 0.240 e. The van der Waals surface area contributed by atoms with Crippen LogP contribution in [-0.4, -0.2) is 27.4 Å². The fourth-order valence-corrected chi connectivity index (χ4v) is 2.63. The molecule has 0 saturated heterocycles. The maximum atomic E-state index is 12.1. The molecule has 124 valence electrons. The Morgan fingerprint density at radius 2 is 1.86 bits per heavy atom. The van der Waals surface area contributed by atoms with Crippen LogP contribution in [0.4, 0.5) is 0 Å². The summed E-state index contributed by atoms with van der Waals surface area (Å²) in [6.45, 7) is 7.46. The molecule has 0 bridgehead atoms. The Bertz CT molecular complexity index is 636. The highest BCUT2D eigenvalue weighted by Gasteiger charge is 2.28. The van der Waals surface area contributed by atoms with Gasteiger partial charge in [-0.15, -0.1) is 0 Å². The molecule has 0 fully saturated rings. The zero-order chi connectivity index (χ0) is 17.1. The van der Waals surface area contributed by atoms with E-state index in [0.717, 1.165) is 0 Å². The molecule has 4 N–H and O–H groups in total. The fraction of sp³-hybridized carbons (Fsp3) is 0.533. The van der Waals surface area contributed by atoms with E-state index in [1.54, 1.807) is 25.1 Å². The SMILES string of the molecule is CNS(=O)(=O)c1cccc(C(C)NC(=O)[C@@H](N)C(C)(C)C)c1. The number of hydrogen-bond donors (Lipinski definition) is 3. The minimum Gasteiger partial charge on any atom is -0.348 e. The van der Waals surface area contributed by atoms with E-state index in [1.165, 1.54) is 13.1 Å². The number of carbonyl (C=O) groups is 1. The number of benzene rings is 1. The molecule has 7 heteroatoms. The Kier molecular flexibility index (Phi) is 5.72. The number of amides is 1. The first-order valence-corrected chi connectivity index (χ1v) is 8.57. The summed E-state index contributed by atoms with van der Waals surface area (Å²) >= 11 is 0. The first kappa shape index (κ1) is 18.6. The van der Waals surface area contributed by atoms with E-state index in [9.17, 15) is 13.2 Å². The first-order chi connectivity index (χ1) is 9.99. The zero-order valence-electron chi connectivity index (χ0n) is 13.7. The van der Waals surface area contributed by atoms with E-state index in [1.807, 2.05) is 20.8 Å². The van der Waals surface area contributed by atoms with Crippen molar-refractivity contribution in [2.45, 2.75) is 44.7 Å². The Morgan fingerprint density at radius 3 is 2.36 bits per heavy atom. The van der Waals surface area contributed by atoms with Crippen LogP contribution in [-0.2, 0) is 14.8 Å². The maximum absolute atomic E-state index is 12.1. The third kappa shape index (κ3) is 4.53. The highest BCUT2D eigenvalue weighted by Crippen LogP contribution is 2.20. The predicted molar refractivity (Wildman–Crippen MR) is 86.7 cm³/mol. The second-order valence-corrected chi connectivity index (χ2v) is 8.24. The van der Waals surface area contributed by atoms with Crippen molar-refractivity contribution in [2.75, 3.05) is 7.05 Å². The van der Waals surface area contributed by atoms with Crippen molar-refractivity contribution in [3.8, 4) is 0 Å². The number of carbonyl (C=O) groups excluding carboxylic acids is 1. The molecular weight excluding hydrogens is 302 g/mol. The van der Waals surface area contributed by atoms with Crippen molar-refractivity contribution in [1.29, 1.82) is 0 Å². The predicted octanol–water partition coefficient (Wildman–Crippen LogP) is 1.15. The highest BCUT2D eigenvalue weighted by atomic mass is 32.2. The van der Waals surface area contributed by atoms with E-state index in [0.29, 0.717) is 5.56 Å². The average Bonchev–Trinajstić information content (AvgIpc) is 2.45. The summed E-state index contributed by atoms with van der Waals surface area (Å²) in [5.41, 5.74) is 6.28. The van der Waals surface area contributed by atoms with Crippen LogP contribution in [0.2, 0.25) is 0 Å². The van der Waals surface area contributed by atoms with E-state index in [4.69, 9.17) is 5.73 Å². The van der Waals surface area contributed by atoms with Gasteiger partial charge in [-0.2, -0.15) is 0 Å². The molecule has 0 aromatic heterocycles. The topological polar surface area (TPSA) is 101 Å². The Morgan fingerprint density at radius 1 is 1.27 bits per heavy atom. The monoisotopic (exact) mass is 327 g/mol. The van der Waals surface area contributed by atoms with E-state index in [-0.39, 0.29) is 22.3 Å². The Balaban J connectivity index is 2.94. The van der Waals surface area contributed by atoms with Crippen molar-refractivity contribution in [3.63, 3.8) is 0 Å². The number of hydrogen-bond acceptors (Lipinski definition) is 4. The van der Waals surface area contributed by atoms with E-state index < -0.39 is 16.1 Å². The zero-order valence-corrected chi connectivity index (χ0v) is 14.5. The molecule has 22 heavy (non-hydrogen) atoms. The molecule has 0 saturated carbocycles. The van der Waals surface area contributed by atoms with Gasteiger partial charge in [0.1, 0.15) is 0 Å². The molecule has 1 unspecified atom stereocenters. The molecule has 1 amide bonds. The van der Waals surface area contributed by atoms with Gasteiger partial charge >= 0.3 is 0 Å². The lowest BCUT2D eigenvalue weighted by Crippen LogP contribution is -2.49. The molecule has 0 aliphatic heterocycles. The second-order valence-electron chi connectivity index (χ2n) is 6.35. The minimum absolute atomic E-state index is 0.161. The van der Waals surface area contributed by atoms with Crippen molar-refractivity contribution >= 4 is 15.9 Å². The largest absolute Gasteiger partial charge is 0.348 e. The van der Waals surface area contributed by atoms with Crippen molar-refractivity contribution < 1.29 is 13.2 Å². The van der Waals surface area contributed by atoms with Gasteiger partial charge in [0.15, 0.2) is 0 Å². The normalized spacial score (nSPS) is 15.2. The lowest BCUT2D eigenvalue weighted by molar-refractivity contribution is -0.125. The van der Waals surface area contributed by atoms with Crippen LogP contribution in [0.3, 0.4) is 0 Å². The summed E-state index contributed by atoms with van der Waals surface area (Å²) in [5.74, 6) is -0.262. The summed E-state index contributed by atoms with van der Waals surface area (Å²) in [6, 6.07) is 5.48. The van der Waals surface area contributed by atoms with Gasteiger partial charge in [0.25, 0.3) is 0 Å². The summed E-state index contributed by atoms with van der Waals surface area (Å²) in [7, 11) is -2.15. The van der Waals surface area contributed by atoms with Crippen LogP contribution in [0.25, 0.3) is 0 Å². The van der Waals surface area contributed by atoms with Gasteiger partial charge in [0.05, 0.1) is 17.0 Å². The molecule has 1 aromatic rings. The summed E-state index contributed by atoms with van der Waals surface area (Å²) < 4.78 is 25.9. The number of rotatable bonds is 5. The molecule has 0 radical (unpaired) electrons. The quantitative estimate of drug-likeness (QED) is 0.755. The van der Waals surface area contributed by atoms with Gasteiger partial charge in [-0.25, -0.2) is 13.1 Å². The summed E-state index contributed by atoms with van der Waals surface area (Å²) in [4.78, 5) is 12.3. The van der Waals surface area contributed by atoms with E-state index in [2.05, 4.69) is 10.0 Å². The van der Waals surface area contributed by atoms with Crippen LogP contribution in [0.15, 0.2) is 29.2 Å². The maximum Gasteiger partial charge on any atom is 0.240 e. The van der Waals surface area contributed by atoms with Crippen LogP contribution < -0.4 is 15.8 Å². The number of sulfonamides is 1. The lowest BCUT2D eigenvalue weighted by atomic mass is 9.86. The Hall–Kier alpha value is -1.44. The van der Waals surface area contributed by atoms with Crippen LogP contribution in [0, 0.1) is 5.41 Å². The first-order valence-electron chi connectivity index (χ1n) is 7.08. The second kappa shape index (κ2) is 6.76. The molecule has 2 atom stereocenters. The van der Waals surface area contributed by atoms with Crippen LogP contribution >= 0.6 is 0 Å². The van der Waals surface area contributed by atoms with Gasteiger partial charge in [-0.1, -0.05) is 32.9 Å². The molecule has 0 aliphatic rings. The van der Waals surface area contributed by atoms with E-state index >= 15 is 0 Å². The van der Waals surface area contributed by atoms with Crippen LogP contribution in [0.1, 0.15) is 39.3 Å². The fourth-order valence-electron chi connectivity index (χ4n) is 1.85. The van der Waals surface area contributed by atoms with Gasteiger partial charge in [-0.05, 0) is 37.1 Å². The molecule has 1 rings (SSSR count). The van der Waals surface area contributed by atoms with Gasteiger partial charge in [0.2, 0.25) is 15.9 Å². The minimum atomic E-state index is -3.51. The molecule has 0 spiro atoms. The van der Waals surface area contributed by atoms with Crippen LogP contribution in [0.5, 0.6) is 0 Å². The lowest BCUT2D eigenvalue weighted by Gasteiger charge is -2.27. The number of nitrogens with two attached hydrogens (primary N) is 1. The highest BCUT2D eigenvalue weighted by molar-refractivity contribution is 7.89. The van der Waals surface area contributed by atoms with Crippen molar-refractivity contribution in [1.82, 2.24) is 10.0 Å². The van der Waals surface area contributed by atoms with Gasteiger partial charge < -0.3 is 11.1 Å². The third-order valence-electron chi connectivity index (χ3n) is 3.51. The van der Waals surface area contributed by atoms with Gasteiger partial charge in [-0.3, -0.25) is 4.79 Å². The molecule has 1 aromatic carbocycles. The molecular formula is C15H25N3O3S. The third-order valence-corrected chi connectivity index (χ3v) is 4.92. The summed E-state index contributed by atoms with van der Waals surface area (Å²) in [5, 5.41) is 2.82. The standard InChI is InChI=1S/C15H25N3O3S/c1-10(18-14(19)13(16)15(2,3)4)11-7-6-8-12(9-11)22(20,21)17-5/h6-10,13,17H,16H2,1-5H3,(H,18,19)/t10?,13-/m1/s1. The molecule has 6 nitrogen and oxygen atoms in total. The summed E-state index contributed by atoms with van der Waals surface area (Å²) in [6.07, 6.45) is 0.